The molecule has 0 aromatic carbocycles. The Morgan fingerprint density at radius 2 is 2.21 bits per heavy atom. The largest absolute Gasteiger partial charge is 0.353 e. The fourth-order valence-corrected chi connectivity index (χ4v) is 2.59. The van der Waals surface area contributed by atoms with Gasteiger partial charge in [0.1, 0.15) is 5.65 Å². The predicted molar refractivity (Wildman–Crippen MR) is 76.0 cm³/mol. The van der Waals surface area contributed by atoms with Crippen LogP contribution in [0.25, 0.3) is 5.65 Å². The lowest BCUT2D eigenvalue weighted by Gasteiger charge is -2.12. The van der Waals surface area contributed by atoms with E-state index in [1.807, 2.05) is 37.6 Å². The summed E-state index contributed by atoms with van der Waals surface area (Å²) in [5, 5.41) is 0. The molecule has 1 atom stereocenters. The molecule has 0 saturated carbocycles. The topological polar surface area (TPSA) is 48.2 Å². The van der Waals surface area contributed by atoms with Gasteiger partial charge in [0.25, 0.3) is 0 Å². The lowest BCUT2D eigenvalue weighted by Crippen LogP contribution is -2.17. The zero-order chi connectivity index (χ0) is 13.4. The van der Waals surface area contributed by atoms with E-state index in [2.05, 4.69) is 33.1 Å². The highest BCUT2D eigenvalue weighted by molar-refractivity contribution is 5.40. The Morgan fingerprint density at radius 3 is 2.95 bits per heavy atom. The van der Waals surface area contributed by atoms with Crippen molar-refractivity contribution in [3.63, 3.8) is 0 Å². The lowest BCUT2D eigenvalue weighted by molar-refractivity contribution is 0.644. The van der Waals surface area contributed by atoms with Gasteiger partial charge in [-0.05, 0) is 30.7 Å². The van der Waals surface area contributed by atoms with Crippen LogP contribution in [0.1, 0.15) is 23.0 Å². The third-order valence-corrected chi connectivity index (χ3v) is 3.48. The SMILES string of the molecule is Cc1cc(C(N)Cc2cnc3ccccn23)n(C)c1. The minimum atomic E-state index is -0.0150. The van der Waals surface area contributed by atoms with Gasteiger partial charge in [-0.15, -0.1) is 0 Å². The fourth-order valence-electron chi connectivity index (χ4n) is 2.59. The highest BCUT2D eigenvalue weighted by Gasteiger charge is 2.13. The van der Waals surface area contributed by atoms with Crippen molar-refractivity contribution in [1.82, 2.24) is 14.0 Å². The summed E-state index contributed by atoms with van der Waals surface area (Å²) < 4.78 is 4.19. The highest BCUT2D eigenvalue weighted by atomic mass is 15.0. The molecule has 4 heteroatoms. The van der Waals surface area contributed by atoms with Gasteiger partial charge in [0.2, 0.25) is 0 Å². The summed E-state index contributed by atoms with van der Waals surface area (Å²) in [6.45, 7) is 2.09. The molecule has 0 aliphatic carbocycles. The molecule has 0 amide bonds. The van der Waals surface area contributed by atoms with E-state index in [0.717, 1.165) is 23.5 Å². The maximum atomic E-state index is 6.33. The molecule has 4 nitrogen and oxygen atoms in total. The summed E-state index contributed by atoms with van der Waals surface area (Å²) in [5.41, 5.74) is 10.8. The second kappa shape index (κ2) is 4.55. The average Bonchev–Trinajstić information content (AvgIpc) is 2.94. The van der Waals surface area contributed by atoms with Crippen LogP contribution in [0, 0.1) is 6.92 Å². The number of aromatic nitrogens is 3. The van der Waals surface area contributed by atoms with E-state index in [1.54, 1.807) is 0 Å². The second-order valence-electron chi connectivity index (χ2n) is 5.04. The molecular weight excluding hydrogens is 236 g/mol. The maximum absolute atomic E-state index is 6.33. The van der Waals surface area contributed by atoms with Gasteiger partial charge in [-0.1, -0.05) is 6.07 Å². The van der Waals surface area contributed by atoms with Crippen molar-refractivity contribution < 1.29 is 0 Å². The third kappa shape index (κ3) is 2.15. The molecule has 0 aliphatic heterocycles. The van der Waals surface area contributed by atoms with Crippen molar-refractivity contribution in [2.24, 2.45) is 12.8 Å². The van der Waals surface area contributed by atoms with E-state index in [0.29, 0.717) is 0 Å². The standard InChI is InChI=1S/C15H18N4/c1-11-7-14(18(2)10-11)13(16)8-12-9-17-15-5-3-4-6-19(12)15/h3-7,9-10,13H,8,16H2,1-2H3. The van der Waals surface area contributed by atoms with E-state index in [9.17, 15) is 0 Å². The monoisotopic (exact) mass is 254 g/mol. The van der Waals surface area contributed by atoms with Gasteiger partial charge < -0.3 is 14.7 Å². The number of nitrogens with two attached hydrogens (primary N) is 1. The van der Waals surface area contributed by atoms with E-state index in [4.69, 9.17) is 5.73 Å². The summed E-state index contributed by atoms with van der Waals surface area (Å²) in [5.74, 6) is 0. The third-order valence-electron chi connectivity index (χ3n) is 3.48. The van der Waals surface area contributed by atoms with Crippen LogP contribution in [0.5, 0.6) is 0 Å². The van der Waals surface area contributed by atoms with Gasteiger partial charge in [0.05, 0.1) is 6.04 Å². The van der Waals surface area contributed by atoms with E-state index < -0.39 is 0 Å². The molecule has 0 spiro atoms. The van der Waals surface area contributed by atoms with Crippen molar-refractivity contribution in [3.8, 4) is 0 Å². The molecule has 19 heavy (non-hydrogen) atoms. The number of aryl methyl sites for hydroxylation is 2. The number of hydrogen-bond donors (Lipinski definition) is 1. The molecular formula is C15H18N4. The fraction of sp³-hybridized carbons (Fsp3) is 0.267. The molecule has 1 unspecified atom stereocenters. The lowest BCUT2D eigenvalue weighted by atomic mass is 10.1. The van der Waals surface area contributed by atoms with Crippen LogP contribution in [0.2, 0.25) is 0 Å². The zero-order valence-electron chi connectivity index (χ0n) is 11.2. The Kier molecular flexibility index (Phi) is 2.87. The maximum Gasteiger partial charge on any atom is 0.136 e. The van der Waals surface area contributed by atoms with Crippen molar-refractivity contribution in [3.05, 3.63) is 59.8 Å². The van der Waals surface area contributed by atoms with Crippen LogP contribution in [0.4, 0.5) is 0 Å². The first kappa shape index (κ1) is 12.0. The van der Waals surface area contributed by atoms with Crippen molar-refractivity contribution in [2.75, 3.05) is 0 Å². The quantitative estimate of drug-likeness (QED) is 0.779. The first-order chi connectivity index (χ1) is 9.15. The first-order valence-corrected chi connectivity index (χ1v) is 6.44. The molecule has 0 radical (unpaired) electrons. The Morgan fingerprint density at radius 1 is 1.37 bits per heavy atom. The van der Waals surface area contributed by atoms with Gasteiger partial charge in [0, 0.05) is 43.4 Å². The van der Waals surface area contributed by atoms with Crippen LogP contribution in [0.3, 0.4) is 0 Å². The molecule has 3 rings (SSSR count). The molecule has 0 bridgehead atoms. The Bertz CT molecular complexity index is 708. The minimum absolute atomic E-state index is 0.0150. The minimum Gasteiger partial charge on any atom is -0.353 e. The van der Waals surface area contributed by atoms with Gasteiger partial charge in [-0.25, -0.2) is 4.98 Å². The van der Waals surface area contributed by atoms with Gasteiger partial charge in [0.15, 0.2) is 0 Å². The van der Waals surface area contributed by atoms with Gasteiger partial charge in [-0.3, -0.25) is 0 Å². The van der Waals surface area contributed by atoms with Crippen LogP contribution in [-0.2, 0) is 13.5 Å². The number of fused-ring (bicyclic) bond motifs is 1. The van der Waals surface area contributed by atoms with Crippen LogP contribution >= 0.6 is 0 Å². The second-order valence-corrected chi connectivity index (χ2v) is 5.04. The van der Waals surface area contributed by atoms with E-state index in [1.165, 1.54) is 5.56 Å². The summed E-state index contributed by atoms with van der Waals surface area (Å²) >= 11 is 0. The molecule has 0 aliphatic rings. The molecule has 0 saturated heterocycles. The summed E-state index contributed by atoms with van der Waals surface area (Å²) in [6, 6.07) is 8.14. The Labute approximate surface area is 112 Å². The van der Waals surface area contributed by atoms with E-state index in [-0.39, 0.29) is 6.04 Å². The number of hydrogen-bond acceptors (Lipinski definition) is 2. The smallest absolute Gasteiger partial charge is 0.136 e. The Hall–Kier alpha value is -2.07. The van der Waals surface area contributed by atoms with Gasteiger partial charge in [-0.2, -0.15) is 0 Å². The Balaban J connectivity index is 1.91. The molecule has 0 fully saturated rings. The van der Waals surface area contributed by atoms with Crippen LogP contribution in [-0.4, -0.2) is 14.0 Å². The molecule has 2 N–H and O–H groups in total. The van der Waals surface area contributed by atoms with Gasteiger partial charge >= 0.3 is 0 Å². The first-order valence-electron chi connectivity index (χ1n) is 6.44. The predicted octanol–water partition coefficient (Wildman–Crippen LogP) is 2.22. The van der Waals surface area contributed by atoms with Crippen LogP contribution < -0.4 is 5.73 Å². The molecule has 3 aromatic heterocycles. The van der Waals surface area contributed by atoms with Crippen molar-refractivity contribution >= 4 is 5.65 Å². The van der Waals surface area contributed by atoms with E-state index >= 15 is 0 Å². The molecule has 3 heterocycles. The zero-order valence-corrected chi connectivity index (χ0v) is 11.2. The molecule has 3 aromatic rings. The van der Waals surface area contributed by atoms with Crippen molar-refractivity contribution in [2.45, 2.75) is 19.4 Å². The average molecular weight is 254 g/mol. The molecule has 98 valence electrons. The summed E-state index contributed by atoms with van der Waals surface area (Å²) in [4.78, 5) is 4.39. The number of nitrogens with zero attached hydrogens (tertiary/aromatic N) is 3. The van der Waals surface area contributed by atoms with Crippen molar-refractivity contribution in [1.29, 1.82) is 0 Å². The summed E-state index contributed by atoms with van der Waals surface area (Å²) in [7, 11) is 2.04. The highest BCUT2D eigenvalue weighted by Crippen LogP contribution is 2.18. The number of rotatable bonds is 3. The number of pyridine rings is 1. The van der Waals surface area contributed by atoms with Crippen LogP contribution in [0.15, 0.2) is 42.9 Å². The summed E-state index contributed by atoms with van der Waals surface area (Å²) in [6.07, 6.45) is 6.82. The normalized spacial score (nSPS) is 13.0. The number of imidazole rings is 1.